The summed E-state index contributed by atoms with van der Waals surface area (Å²) < 4.78 is 32.9. The van der Waals surface area contributed by atoms with E-state index in [4.69, 9.17) is 4.74 Å². The third-order valence-corrected chi connectivity index (χ3v) is 6.41. The summed E-state index contributed by atoms with van der Waals surface area (Å²) in [5.74, 6) is -0.879. The van der Waals surface area contributed by atoms with Crippen LogP contribution in [0.4, 0.5) is 8.78 Å². The number of pyridine rings is 1. The zero-order valence-corrected chi connectivity index (χ0v) is 18.1. The number of nitrogens with zero attached hydrogens (tertiary/aromatic N) is 3. The van der Waals surface area contributed by atoms with Gasteiger partial charge in [-0.25, -0.2) is 18.7 Å². The molecular formula is C24H26F2N4O2. The molecule has 0 spiro atoms. The summed E-state index contributed by atoms with van der Waals surface area (Å²) in [5, 5.41) is 3.67. The Labute approximate surface area is 185 Å². The van der Waals surface area contributed by atoms with Crippen LogP contribution < -0.4 is 10.1 Å². The molecule has 1 amide bonds. The molecule has 0 unspecified atom stereocenters. The lowest BCUT2D eigenvalue weighted by atomic mass is 9.75. The summed E-state index contributed by atoms with van der Waals surface area (Å²) in [4.78, 5) is 24.7. The van der Waals surface area contributed by atoms with Gasteiger partial charge in [-0.15, -0.1) is 0 Å². The minimum atomic E-state index is -0.633. The highest BCUT2D eigenvalue weighted by Gasteiger charge is 2.29. The zero-order chi connectivity index (χ0) is 22.7. The molecule has 168 valence electrons. The van der Waals surface area contributed by atoms with Gasteiger partial charge in [-0.1, -0.05) is 6.92 Å². The van der Waals surface area contributed by atoms with E-state index in [1.54, 1.807) is 6.20 Å². The Bertz CT molecular complexity index is 1100. The third-order valence-electron chi connectivity index (χ3n) is 6.41. The van der Waals surface area contributed by atoms with Crippen LogP contribution in [0, 0.1) is 17.6 Å². The van der Waals surface area contributed by atoms with Gasteiger partial charge in [0, 0.05) is 36.1 Å². The fourth-order valence-corrected chi connectivity index (χ4v) is 4.73. The fraction of sp³-hybridized carbons (Fsp3) is 0.417. The number of carbonyl (C=O) groups excluding carboxylic acids is 1. The van der Waals surface area contributed by atoms with Gasteiger partial charge >= 0.3 is 6.01 Å². The molecular weight excluding hydrogens is 414 g/mol. The molecule has 6 nitrogen and oxygen atoms in total. The number of benzene rings is 1. The summed E-state index contributed by atoms with van der Waals surface area (Å²) in [5.41, 5.74) is 1.55. The second-order valence-corrected chi connectivity index (χ2v) is 8.24. The van der Waals surface area contributed by atoms with Gasteiger partial charge in [0.2, 0.25) is 0 Å². The Hall–Kier alpha value is -3.16. The molecule has 4 rings (SSSR count). The van der Waals surface area contributed by atoms with Crippen LogP contribution in [0.3, 0.4) is 0 Å². The van der Waals surface area contributed by atoms with E-state index in [0.717, 1.165) is 43.7 Å². The maximum absolute atomic E-state index is 14.2. The number of amides is 1. The molecule has 1 fully saturated rings. The monoisotopic (exact) mass is 440 g/mol. The standard InChI is InChI=1S/C24H26F2N4O2/c1-3-21(30-23(31)16-12-28-24(32-2)29-13-16)15-6-4-14(5-7-15)18-8-9-27-22-19(18)10-17(25)11-20(22)26/h8-15,21H,3-7H2,1-2H3,(H,30,31)/t14?,15?,21-/m0/s1. The molecule has 1 atom stereocenters. The van der Waals surface area contributed by atoms with E-state index < -0.39 is 11.6 Å². The van der Waals surface area contributed by atoms with Gasteiger partial charge in [0.15, 0.2) is 5.82 Å². The molecule has 0 saturated heterocycles. The normalized spacial score (nSPS) is 19.5. The number of methoxy groups -OCH3 is 1. The maximum Gasteiger partial charge on any atom is 0.316 e. The molecule has 0 bridgehead atoms. The second kappa shape index (κ2) is 9.54. The number of hydrogen-bond acceptors (Lipinski definition) is 5. The average Bonchev–Trinajstić information content (AvgIpc) is 2.82. The SMILES string of the molecule is CC[C@H](NC(=O)c1cnc(OC)nc1)C1CCC(c2ccnc3c(F)cc(F)cc23)CC1. The highest BCUT2D eigenvalue weighted by Crippen LogP contribution is 2.40. The van der Waals surface area contributed by atoms with Gasteiger partial charge in [-0.2, -0.15) is 0 Å². The Morgan fingerprint density at radius 1 is 1.16 bits per heavy atom. The van der Waals surface area contributed by atoms with Crippen molar-refractivity contribution in [2.75, 3.05) is 7.11 Å². The quantitative estimate of drug-likeness (QED) is 0.596. The average molecular weight is 440 g/mol. The van der Waals surface area contributed by atoms with E-state index in [-0.39, 0.29) is 29.4 Å². The number of fused-ring (bicyclic) bond motifs is 1. The number of carbonyl (C=O) groups is 1. The number of aromatic nitrogens is 3. The molecule has 3 aromatic rings. The maximum atomic E-state index is 14.2. The Kier molecular flexibility index (Phi) is 6.58. The van der Waals surface area contributed by atoms with E-state index in [2.05, 4.69) is 27.2 Å². The van der Waals surface area contributed by atoms with E-state index in [1.807, 2.05) is 6.07 Å². The summed E-state index contributed by atoms with van der Waals surface area (Å²) in [6.07, 6.45) is 8.94. The number of hydrogen-bond donors (Lipinski definition) is 1. The van der Waals surface area contributed by atoms with Gasteiger partial charge in [0.25, 0.3) is 5.91 Å². The van der Waals surface area contributed by atoms with Gasteiger partial charge < -0.3 is 10.1 Å². The smallest absolute Gasteiger partial charge is 0.316 e. The molecule has 0 radical (unpaired) electrons. The minimum Gasteiger partial charge on any atom is -0.467 e. The molecule has 1 aliphatic rings. The van der Waals surface area contributed by atoms with Crippen LogP contribution in [0.5, 0.6) is 6.01 Å². The molecule has 1 N–H and O–H groups in total. The van der Waals surface area contributed by atoms with Crippen molar-refractivity contribution in [1.29, 1.82) is 0 Å². The lowest BCUT2D eigenvalue weighted by molar-refractivity contribution is 0.0908. The van der Waals surface area contributed by atoms with Gasteiger partial charge in [-0.3, -0.25) is 9.78 Å². The topological polar surface area (TPSA) is 77.0 Å². The predicted molar refractivity (Wildman–Crippen MR) is 116 cm³/mol. The molecule has 0 aliphatic heterocycles. The first-order chi connectivity index (χ1) is 15.5. The molecule has 32 heavy (non-hydrogen) atoms. The van der Waals surface area contributed by atoms with Crippen molar-refractivity contribution in [3.05, 3.63) is 59.6 Å². The predicted octanol–water partition coefficient (Wildman–Crippen LogP) is 4.79. The van der Waals surface area contributed by atoms with Crippen LogP contribution in [0.15, 0.2) is 36.8 Å². The van der Waals surface area contributed by atoms with E-state index in [0.29, 0.717) is 16.9 Å². The third kappa shape index (κ3) is 4.54. The lowest BCUT2D eigenvalue weighted by Crippen LogP contribution is -2.41. The Morgan fingerprint density at radius 3 is 2.53 bits per heavy atom. The second-order valence-electron chi connectivity index (χ2n) is 8.24. The van der Waals surface area contributed by atoms with E-state index in [1.165, 1.54) is 25.6 Å². The van der Waals surface area contributed by atoms with Crippen LogP contribution in [-0.2, 0) is 0 Å². The molecule has 1 aromatic carbocycles. The largest absolute Gasteiger partial charge is 0.467 e. The zero-order valence-electron chi connectivity index (χ0n) is 18.1. The molecule has 1 aliphatic carbocycles. The highest BCUT2D eigenvalue weighted by molar-refractivity contribution is 5.93. The van der Waals surface area contributed by atoms with Gasteiger partial charge in [-0.05, 0) is 61.6 Å². The summed E-state index contributed by atoms with van der Waals surface area (Å²) in [6, 6.07) is 4.37. The minimum absolute atomic E-state index is 0.0367. The van der Waals surface area contributed by atoms with Crippen molar-refractivity contribution >= 4 is 16.8 Å². The first-order valence-corrected chi connectivity index (χ1v) is 10.9. The molecule has 2 heterocycles. The lowest BCUT2D eigenvalue weighted by Gasteiger charge is -2.34. The van der Waals surface area contributed by atoms with E-state index >= 15 is 0 Å². The Morgan fingerprint density at radius 2 is 1.88 bits per heavy atom. The van der Waals surface area contributed by atoms with Crippen LogP contribution in [-0.4, -0.2) is 34.0 Å². The molecule has 1 saturated carbocycles. The van der Waals surface area contributed by atoms with Crippen LogP contribution in [0.1, 0.15) is 60.9 Å². The van der Waals surface area contributed by atoms with Gasteiger partial charge in [0.05, 0.1) is 12.7 Å². The fourth-order valence-electron chi connectivity index (χ4n) is 4.73. The summed E-state index contributed by atoms with van der Waals surface area (Å²) in [6.45, 7) is 2.06. The van der Waals surface area contributed by atoms with Crippen molar-refractivity contribution in [1.82, 2.24) is 20.3 Å². The summed E-state index contributed by atoms with van der Waals surface area (Å²) in [7, 11) is 1.47. The number of halogens is 2. The molecule has 2 aromatic heterocycles. The van der Waals surface area contributed by atoms with Crippen molar-refractivity contribution in [3.8, 4) is 6.01 Å². The highest BCUT2D eigenvalue weighted by atomic mass is 19.1. The van der Waals surface area contributed by atoms with E-state index in [9.17, 15) is 13.6 Å². The molecule has 8 heteroatoms. The first kappa shape index (κ1) is 22.0. The number of nitrogens with one attached hydrogen (secondary N) is 1. The Balaban J connectivity index is 1.43. The van der Waals surface area contributed by atoms with Gasteiger partial charge in [0.1, 0.15) is 11.3 Å². The summed E-state index contributed by atoms with van der Waals surface area (Å²) >= 11 is 0. The van der Waals surface area contributed by atoms with Crippen LogP contribution >= 0.6 is 0 Å². The number of rotatable bonds is 6. The van der Waals surface area contributed by atoms with Crippen LogP contribution in [0.25, 0.3) is 10.9 Å². The van der Waals surface area contributed by atoms with Crippen molar-refractivity contribution in [3.63, 3.8) is 0 Å². The van der Waals surface area contributed by atoms with Crippen molar-refractivity contribution < 1.29 is 18.3 Å². The van der Waals surface area contributed by atoms with Crippen molar-refractivity contribution in [2.45, 2.75) is 51.0 Å². The van der Waals surface area contributed by atoms with Crippen LogP contribution in [0.2, 0.25) is 0 Å². The first-order valence-electron chi connectivity index (χ1n) is 10.9. The number of ether oxygens (including phenoxy) is 1. The van der Waals surface area contributed by atoms with Crippen molar-refractivity contribution in [2.24, 2.45) is 5.92 Å².